The molecule has 1 aromatic carbocycles. The van der Waals surface area contributed by atoms with Crippen LogP contribution in [0.15, 0.2) is 22.7 Å². The molecule has 0 saturated carbocycles. The maximum absolute atomic E-state index is 11.7. The fourth-order valence-corrected chi connectivity index (χ4v) is 3.18. The van der Waals surface area contributed by atoms with E-state index in [1.807, 2.05) is 25.1 Å². The van der Waals surface area contributed by atoms with Crippen LogP contribution in [0, 0.1) is 0 Å². The van der Waals surface area contributed by atoms with Gasteiger partial charge in [-0.2, -0.15) is 0 Å². The summed E-state index contributed by atoms with van der Waals surface area (Å²) in [5, 5.41) is 0. The molecule has 16 heavy (non-hydrogen) atoms. The first-order chi connectivity index (χ1) is 7.52. The van der Waals surface area contributed by atoms with E-state index in [4.69, 9.17) is 10.5 Å². The molecule has 0 aromatic heterocycles. The summed E-state index contributed by atoms with van der Waals surface area (Å²) in [5.74, 6) is 1.79. The largest absolute Gasteiger partial charge is 0.497 e. The summed E-state index contributed by atoms with van der Waals surface area (Å²) >= 11 is 3.43. The highest BCUT2D eigenvalue weighted by molar-refractivity contribution is 9.10. The Morgan fingerprint density at radius 3 is 2.81 bits per heavy atom. The van der Waals surface area contributed by atoms with Crippen molar-refractivity contribution in [2.75, 3.05) is 12.9 Å². The van der Waals surface area contributed by atoms with E-state index >= 15 is 0 Å². The highest BCUT2D eigenvalue weighted by Gasteiger charge is 2.08. The van der Waals surface area contributed by atoms with Gasteiger partial charge in [-0.3, -0.25) is 4.21 Å². The summed E-state index contributed by atoms with van der Waals surface area (Å²) in [6.45, 7) is 1.86. The van der Waals surface area contributed by atoms with Crippen LogP contribution in [0.1, 0.15) is 12.5 Å². The quantitative estimate of drug-likeness (QED) is 0.906. The van der Waals surface area contributed by atoms with Crippen LogP contribution >= 0.6 is 15.9 Å². The maximum atomic E-state index is 11.7. The number of halogens is 1. The van der Waals surface area contributed by atoms with E-state index in [1.165, 1.54) is 0 Å². The molecule has 2 unspecified atom stereocenters. The third-order valence-electron chi connectivity index (χ3n) is 2.02. The molecule has 0 bridgehead atoms. The van der Waals surface area contributed by atoms with Crippen LogP contribution in [0.25, 0.3) is 0 Å². The summed E-state index contributed by atoms with van der Waals surface area (Å²) in [4.78, 5) is 0. The summed E-state index contributed by atoms with van der Waals surface area (Å²) in [6.07, 6.45) is 0. The summed E-state index contributed by atoms with van der Waals surface area (Å²) in [5.41, 5.74) is 6.60. The van der Waals surface area contributed by atoms with Crippen LogP contribution in [0.3, 0.4) is 0 Å². The van der Waals surface area contributed by atoms with Crippen LogP contribution in [0.5, 0.6) is 5.75 Å². The molecule has 2 atom stereocenters. The third kappa shape index (κ3) is 4.23. The van der Waals surface area contributed by atoms with Crippen molar-refractivity contribution in [1.29, 1.82) is 0 Å². The molecule has 0 spiro atoms. The molecule has 90 valence electrons. The standard InChI is InChI=1S/C11H16BrNO2S/c1-8(13)6-16(14)7-9-5-10(15-2)3-4-11(9)12/h3-5,8H,6-7,13H2,1-2H3. The number of nitrogens with two attached hydrogens (primary N) is 1. The fourth-order valence-electron chi connectivity index (χ4n) is 1.31. The van der Waals surface area contributed by atoms with Crippen molar-refractivity contribution in [2.24, 2.45) is 5.73 Å². The zero-order chi connectivity index (χ0) is 12.1. The lowest BCUT2D eigenvalue weighted by atomic mass is 10.2. The molecule has 2 N–H and O–H groups in total. The topological polar surface area (TPSA) is 52.3 Å². The number of methoxy groups -OCH3 is 1. The number of hydrogen-bond acceptors (Lipinski definition) is 3. The van der Waals surface area contributed by atoms with Crippen LogP contribution < -0.4 is 10.5 Å². The Labute approximate surface area is 107 Å². The SMILES string of the molecule is COc1ccc(Br)c(CS(=O)CC(C)N)c1. The van der Waals surface area contributed by atoms with Crippen LogP contribution in [0.4, 0.5) is 0 Å². The Morgan fingerprint density at radius 1 is 1.56 bits per heavy atom. The Bertz CT molecular complexity index is 382. The van der Waals surface area contributed by atoms with Gasteiger partial charge < -0.3 is 10.5 Å². The summed E-state index contributed by atoms with van der Waals surface area (Å²) in [7, 11) is 0.685. The lowest BCUT2D eigenvalue weighted by molar-refractivity contribution is 0.414. The van der Waals surface area contributed by atoms with Gasteiger partial charge in [0.15, 0.2) is 0 Å². The zero-order valence-corrected chi connectivity index (χ0v) is 11.8. The maximum Gasteiger partial charge on any atom is 0.119 e. The first-order valence-electron chi connectivity index (χ1n) is 4.96. The van der Waals surface area contributed by atoms with Crippen molar-refractivity contribution in [3.8, 4) is 5.75 Å². The molecule has 0 amide bonds. The molecular weight excluding hydrogens is 290 g/mol. The van der Waals surface area contributed by atoms with Crippen LogP contribution in [-0.4, -0.2) is 23.1 Å². The number of rotatable bonds is 5. The van der Waals surface area contributed by atoms with Crippen LogP contribution in [-0.2, 0) is 16.6 Å². The molecule has 0 fully saturated rings. The van der Waals surface area contributed by atoms with Gasteiger partial charge >= 0.3 is 0 Å². The van der Waals surface area contributed by atoms with Crippen molar-refractivity contribution >= 4 is 26.7 Å². The lowest BCUT2D eigenvalue weighted by Crippen LogP contribution is -2.23. The van der Waals surface area contributed by atoms with Gasteiger partial charge in [-0.1, -0.05) is 15.9 Å². The molecule has 1 aromatic rings. The second kappa shape index (κ2) is 6.37. The van der Waals surface area contributed by atoms with E-state index in [9.17, 15) is 4.21 Å². The highest BCUT2D eigenvalue weighted by atomic mass is 79.9. The van der Waals surface area contributed by atoms with Crippen molar-refractivity contribution in [1.82, 2.24) is 0 Å². The second-order valence-corrected chi connectivity index (χ2v) is 6.04. The highest BCUT2D eigenvalue weighted by Crippen LogP contribution is 2.23. The van der Waals surface area contributed by atoms with E-state index in [0.717, 1.165) is 15.8 Å². The van der Waals surface area contributed by atoms with Gasteiger partial charge in [-0.05, 0) is 30.7 Å². The van der Waals surface area contributed by atoms with Gasteiger partial charge in [0.2, 0.25) is 0 Å². The fraction of sp³-hybridized carbons (Fsp3) is 0.455. The molecule has 0 saturated heterocycles. The van der Waals surface area contributed by atoms with Gasteiger partial charge in [-0.25, -0.2) is 0 Å². The molecule has 0 aliphatic heterocycles. The Hall–Kier alpha value is -0.390. The smallest absolute Gasteiger partial charge is 0.119 e. The van der Waals surface area contributed by atoms with Crippen molar-refractivity contribution in [3.63, 3.8) is 0 Å². The van der Waals surface area contributed by atoms with Crippen molar-refractivity contribution in [3.05, 3.63) is 28.2 Å². The molecule has 5 heteroatoms. The second-order valence-electron chi connectivity index (χ2n) is 3.69. The van der Waals surface area contributed by atoms with Gasteiger partial charge in [0.1, 0.15) is 5.75 Å². The number of hydrogen-bond donors (Lipinski definition) is 1. The first-order valence-corrected chi connectivity index (χ1v) is 7.24. The van der Waals surface area contributed by atoms with Gasteiger partial charge in [0.05, 0.1) is 7.11 Å². The zero-order valence-electron chi connectivity index (χ0n) is 9.40. The van der Waals surface area contributed by atoms with Crippen molar-refractivity contribution < 1.29 is 8.95 Å². The average molecular weight is 306 g/mol. The van der Waals surface area contributed by atoms with Gasteiger partial charge in [-0.15, -0.1) is 0 Å². The average Bonchev–Trinajstić information content (AvgIpc) is 2.20. The monoisotopic (exact) mass is 305 g/mol. The molecule has 0 aliphatic rings. The van der Waals surface area contributed by atoms with E-state index in [1.54, 1.807) is 7.11 Å². The molecule has 3 nitrogen and oxygen atoms in total. The molecule has 0 aliphatic carbocycles. The predicted octanol–water partition coefficient (Wildman–Crippen LogP) is 2.05. The normalized spacial score (nSPS) is 14.5. The van der Waals surface area contributed by atoms with E-state index in [-0.39, 0.29) is 6.04 Å². The molecule has 1 rings (SSSR count). The van der Waals surface area contributed by atoms with Crippen LogP contribution in [0.2, 0.25) is 0 Å². The minimum absolute atomic E-state index is 0.0368. The minimum atomic E-state index is -0.932. The van der Waals surface area contributed by atoms with Gasteiger partial charge in [0.25, 0.3) is 0 Å². The summed E-state index contributed by atoms with van der Waals surface area (Å²) < 4.78 is 17.8. The van der Waals surface area contributed by atoms with Crippen molar-refractivity contribution in [2.45, 2.75) is 18.7 Å². The third-order valence-corrected chi connectivity index (χ3v) is 4.32. The van der Waals surface area contributed by atoms with E-state index in [2.05, 4.69) is 15.9 Å². The molecular formula is C11H16BrNO2S. The molecule has 0 heterocycles. The molecule has 0 radical (unpaired) electrons. The predicted molar refractivity (Wildman–Crippen MR) is 71.1 cm³/mol. The Balaban J connectivity index is 2.75. The Kier molecular flexibility index (Phi) is 5.44. The number of benzene rings is 1. The van der Waals surface area contributed by atoms with E-state index < -0.39 is 10.8 Å². The minimum Gasteiger partial charge on any atom is -0.497 e. The summed E-state index contributed by atoms with van der Waals surface area (Å²) in [6, 6.07) is 5.62. The van der Waals surface area contributed by atoms with Gasteiger partial charge in [0, 0.05) is 32.8 Å². The van der Waals surface area contributed by atoms with E-state index in [0.29, 0.717) is 11.5 Å². The number of ether oxygens (including phenoxy) is 1. The lowest BCUT2D eigenvalue weighted by Gasteiger charge is -2.08. The Morgan fingerprint density at radius 2 is 2.25 bits per heavy atom. The first kappa shape index (κ1) is 13.7.